The van der Waals surface area contributed by atoms with E-state index >= 15 is 0 Å². The number of hydrogen-bond donors (Lipinski definition) is 1. The first-order valence-corrected chi connectivity index (χ1v) is 6.33. The normalized spacial score (nSPS) is 10.7. The third kappa shape index (κ3) is 3.29. The zero-order valence-corrected chi connectivity index (χ0v) is 11.7. The molecule has 0 heterocycles. The fraction of sp³-hybridized carbons (Fsp3) is 0.188. The predicted molar refractivity (Wildman–Crippen MR) is 80.3 cm³/mol. The Balaban J connectivity index is 2.23. The van der Waals surface area contributed by atoms with Crippen molar-refractivity contribution in [2.75, 3.05) is 7.11 Å². The monoisotopic (exact) mass is 270 g/mol. The Morgan fingerprint density at radius 1 is 1.20 bits per heavy atom. The fourth-order valence-corrected chi connectivity index (χ4v) is 1.99. The molecule has 2 aromatic rings. The molecular weight excluding hydrogens is 252 g/mol. The second kappa shape index (κ2) is 6.61. The first kappa shape index (κ1) is 13.9. The number of benzene rings is 2. The molecule has 0 amide bonds. The lowest BCUT2D eigenvalue weighted by Crippen LogP contribution is -2.01. The molecule has 20 heavy (non-hydrogen) atoms. The maximum atomic E-state index is 5.88. The topological polar surface area (TPSA) is 56.8 Å². The van der Waals surface area contributed by atoms with Gasteiger partial charge in [-0.25, -0.2) is 0 Å². The van der Waals surface area contributed by atoms with Gasteiger partial charge in [-0.05, 0) is 24.6 Å². The summed E-state index contributed by atoms with van der Waals surface area (Å²) in [5.41, 5.74) is 3.10. The van der Waals surface area contributed by atoms with Crippen molar-refractivity contribution in [3.63, 3.8) is 0 Å². The van der Waals surface area contributed by atoms with Gasteiger partial charge in [-0.2, -0.15) is 5.10 Å². The van der Waals surface area contributed by atoms with Gasteiger partial charge < -0.3 is 15.3 Å². The minimum absolute atomic E-state index is 0.466. The van der Waals surface area contributed by atoms with E-state index in [1.807, 2.05) is 30.3 Å². The minimum atomic E-state index is 0.466. The summed E-state index contributed by atoms with van der Waals surface area (Å²) in [7, 11) is 1.61. The van der Waals surface area contributed by atoms with Gasteiger partial charge in [-0.1, -0.05) is 35.9 Å². The maximum absolute atomic E-state index is 5.88. The van der Waals surface area contributed by atoms with Gasteiger partial charge in [0.15, 0.2) is 11.5 Å². The lowest BCUT2D eigenvalue weighted by molar-refractivity contribution is 0.284. The Bertz CT molecular complexity index is 609. The highest BCUT2D eigenvalue weighted by Gasteiger charge is 2.09. The van der Waals surface area contributed by atoms with Crippen LogP contribution in [0.25, 0.3) is 0 Å². The van der Waals surface area contributed by atoms with E-state index in [4.69, 9.17) is 15.3 Å². The van der Waals surface area contributed by atoms with E-state index in [0.29, 0.717) is 18.1 Å². The van der Waals surface area contributed by atoms with Gasteiger partial charge in [0.25, 0.3) is 0 Å². The molecule has 104 valence electrons. The molecule has 0 saturated heterocycles. The van der Waals surface area contributed by atoms with Crippen LogP contribution in [-0.2, 0) is 6.61 Å². The Labute approximate surface area is 118 Å². The second-order valence-corrected chi connectivity index (χ2v) is 4.43. The van der Waals surface area contributed by atoms with Gasteiger partial charge in [0.2, 0.25) is 0 Å². The van der Waals surface area contributed by atoms with E-state index in [0.717, 1.165) is 11.1 Å². The molecular formula is C16H18N2O2. The van der Waals surface area contributed by atoms with Crippen molar-refractivity contribution in [1.29, 1.82) is 0 Å². The third-order valence-electron chi connectivity index (χ3n) is 2.91. The highest BCUT2D eigenvalue weighted by Crippen LogP contribution is 2.30. The molecule has 0 aliphatic heterocycles. The third-order valence-corrected chi connectivity index (χ3v) is 2.91. The largest absolute Gasteiger partial charge is 0.493 e. The molecule has 0 unspecified atom stereocenters. The van der Waals surface area contributed by atoms with Crippen LogP contribution in [0.2, 0.25) is 0 Å². The van der Waals surface area contributed by atoms with Gasteiger partial charge in [0.1, 0.15) is 6.61 Å². The number of hydrogen-bond acceptors (Lipinski definition) is 4. The summed E-state index contributed by atoms with van der Waals surface area (Å²) in [6.45, 7) is 2.52. The zero-order chi connectivity index (χ0) is 14.4. The number of nitrogens with two attached hydrogens (primary N) is 1. The van der Waals surface area contributed by atoms with Crippen LogP contribution in [0.5, 0.6) is 11.5 Å². The summed E-state index contributed by atoms with van der Waals surface area (Å²) >= 11 is 0. The molecule has 0 aromatic heterocycles. The second-order valence-electron chi connectivity index (χ2n) is 4.43. The SMILES string of the molecule is COc1cccc(C=NN)c1OCc1cccc(C)c1. The molecule has 2 N–H and O–H groups in total. The van der Waals surface area contributed by atoms with E-state index < -0.39 is 0 Å². The smallest absolute Gasteiger partial charge is 0.170 e. The number of aryl methyl sites for hydroxylation is 1. The van der Waals surface area contributed by atoms with Crippen LogP contribution in [-0.4, -0.2) is 13.3 Å². The van der Waals surface area contributed by atoms with E-state index in [-0.39, 0.29) is 0 Å². The van der Waals surface area contributed by atoms with Crippen LogP contribution in [0.3, 0.4) is 0 Å². The van der Waals surface area contributed by atoms with Crippen molar-refractivity contribution in [1.82, 2.24) is 0 Å². The molecule has 0 bridgehead atoms. The number of rotatable bonds is 5. The minimum Gasteiger partial charge on any atom is -0.493 e. The average Bonchev–Trinajstić information content (AvgIpc) is 2.46. The first-order chi connectivity index (χ1) is 9.74. The zero-order valence-electron chi connectivity index (χ0n) is 11.7. The summed E-state index contributed by atoms with van der Waals surface area (Å²) in [6, 6.07) is 13.8. The van der Waals surface area contributed by atoms with Crippen LogP contribution in [0, 0.1) is 6.92 Å². The number of para-hydroxylation sites is 1. The summed E-state index contributed by atoms with van der Waals surface area (Å²) in [5.74, 6) is 6.53. The van der Waals surface area contributed by atoms with E-state index in [1.165, 1.54) is 5.56 Å². The van der Waals surface area contributed by atoms with Gasteiger partial charge in [0, 0.05) is 5.56 Å². The fourth-order valence-electron chi connectivity index (χ4n) is 1.99. The van der Waals surface area contributed by atoms with Crippen molar-refractivity contribution < 1.29 is 9.47 Å². The Morgan fingerprint density at radius 3 is 2.70 bits per heavy atom. The summed E-state index contributed by atoms with van der Waals surface area (Å²) in [4.78, 5) is 0. The molecule has 0 atom stereocenters. The van der Waals surface area contributed by atoms with Gasteiger partial charge >= 0.3 is 0 Å². The first-order valence-electron chi connectivity index (χ1n) is 6.33. The van der Waals surface area contributed by atoms with E-state index in [9.17, 15) is 0 Å². The molecule has 4 nitrogen and oxygen atoms in total. The highest BCUT2D eigenvalue weighted by molar-refractivity contribution is 5.84. The number of ether oxygens (including phenoxy) is 2. The van der Waals surface area contributed by atoms with Gasteiger partial charge in [0.05, 0.1) is 13.3 Å². The number of hydrazone groups is 1. The molecule has 2 aromatic carbocycles. The Morgan fingerprint density at radius 2 is 2.00 bits per heavy atom. The van der Waals surface area contributed by atoms with Crippen molar-refractivity contribution in [3.05, 3.63) is 59.2 Å². The Kier molecular flexibility index (Phi) is 4.60. The van der Waals surface area contributed by atoms with Crippen molar-refractivity contribution in [3.8, 4) is 11.5 Å². The van der Waals surface area contributed by atoms with Crippen molar-refractivity contribution >= 4 is 6.21 Å². The molecule has 2 rings (SSSR count). The van der Waals surface area contributed by atoms with Crippen LogP contribution in [0.1, 0.15) is 16.7 Å². The summed E-state index contributed by atoms with van der Waals surface area (Å²) in [5, 5.41) is 3.55. The molecule has 0 saturated carbocycles. The van der Waals surface area contributed by atoms with E-state index in [2.05, 4.69) is 24.2 Å². The quantitative estimate of drug-likeness (QED) is 0.516. The molecule has 0 spiro atoms. The lowest BCUT2D eigenvalue weighted by Gasteiger charge is -2.13. The molecule has 0 radical (unpaired) electrons. The van der Waals surface area contributed by atoms with Crippen LogP contribution in [0.4, 0.5) is 0 Å². The molecule has 4 heteroatoms. The summed E-state index contributed by atoms with van der Waals surface area (Å²) < 4.78 is 11.2. The van der Waals surface area contributed by atoms with Gasteiger partial charge in [-0.3, -0.25) is 0 Å². The predicted octanol–water partition coefficient (Wildman–Crippen LogP) is 2.88. The maximum Gasteiger partial charge on any atom is 0.170 e. The summed E-state index contributed by atoms with van der Waals surface area (Å²) in [6.07, 6.45) is 1.55. The number of methoxy groups -OCH3 is 1. The van der Waals surface area contributed by atoms with Crippen molar-refractivity contribution in [2.24, 2.45) is 10.9 Å². The highest BCUT2D eigenvalue weighted by atomic mass is 16.5. The average molecular weight is 270 g/mol. The molecule has 0 aliphatic rings. The lowest BCUT2D eigenvalue weighted by atomic mass is 10.1. The van der Waals surface area contributed by atoms with Gasteiger partial charge in [-0.15, -0.1) is 0 Å². The standard InChI is InChI=1S/C16H18N2O2/c1-12-5-3-6-13(9-12)11-20-16-14(10-18-17)7-4-8-15(16)19-2/h3-10H,11,17H2,1-2H3. The van der Waals surface area contributed by atoms with Crippen LogP contribution >= 0.6 is 0 Å². The van der Waals surface area contributed by atoms with Crippen LogP contribution < -0.4 is 15.3 Å². The van der Waals surface area contributed by atoms with Crippen molar-refractivity contribution in [2.45, 2.75) is 13.5 Å². The Hall–Kier alpha value is -2.49. The number of nitrogens with zero attached hydrogens (tertiary/aromatic N) is 1. The van der Waals surface area contributed by atoms with E-state index in [1.54, 1.807) is 13.3 Å². The molecule has 0 fully saturated rings. The molecule has 0 aliphatic carbocycles. The van der Waals surface area contributed by atoms with Crippen LogP contribution in [0.15, 0.2) is 47.6 Å².